The van der Waals surface area contributed by atoms with E-state index in [4.69, 9.17) is 4.74 Å². The molecule has 2 aliphatic rings. The number of pyridine rings is 1. The van der Waals surface area contributed by atoms with Crippen LogP contribution < -0.4 is 0 Å². The van der Waals surface area contributed by atoms with Crippen LogP contribution in [0.1, 0.15) is 43.4 Å². The van der Waals surface area contributed by atoms with Crippen molar-refractivity contribution >= 4 is 34.2 Å². The quantitative estimate of drug-likeness (QED) is 0.701. The summed E-state index contributed by atoms with van der Waals surface area (Å²) in [4.78, 5) is 32.3. The van der Waals surface area contributed by atoms with Gasteiger partial charge in [0.2, 0.25) is 0 Å². The van der Waals surface area contributed by atoms with E-state index in [9.17, 15) is 14.7 Å². The van der Waals surface area contributed by atoms with Gasteiger partial charge in [-0.1, -0.05) is 0 Å². The number of rotatable bonds is 2. The number of nitrogens with zero attached hydrogens (tertiary/aromatic N) is 3. The molecular weight excluding hydrogens is 390 g/mol. The Morgan fingerprint density at radius 1 is 1.24 bits per heavy atom. The van der Waals surface area contributed by atoms with Crippen LogP contribution in [0.25, 0.3) is 11.0 Å². The number of carbonyl (C=O) groups is 2. The third-order valence-electron chi connectivity index (χ3n) is 6.01. The molecule has 0 radical (unpaired) electrons. The van der Waals surface area contributed by atoms with Crippen LogP contribution in [0.5, 0.6) is 0 Å². The Bertz CT molecular complexity index is 1120. The molecule has 29 heavy (non-hydrogen) atoms. The summed E-state index contributed by atoms with van der Waals surface area (Å²) in [5.41, 5.74) is 1.76. The van der Waals surface area contributed by atoms with Gasteiger partial charge in [0.15, 0.2) is 0 Å². The number of aromatic nitrogens is 2. The normalized spacial score (nSPS) is 18.2. The standard InChI is InChI=1S/C21H21N3O4S/c1-23-8-4-13-2-3-15(22-18(13)23)19(25)24-9-6-21(7-10-24)14-12-17(20(26)27)29-16(14)5-11-28-21/h2-4,8,12H,5-7,9-11H2,1H3,(H,26,27). The lowest BCUT2D eigenvalue weighted by atomic mass is 9.82. The molecule has 3 aromatic rings. The fraction of sp³-hybridized carbons (Fsp3) is 0.381. The van der Waals surface area contributed by atoms with Crippen LogP contribution in [-0.2, 0) is 23.8 Å². The average molecular weight is 411 g/mol. The Labute approximate surface area is 171 Å². The topological polar surface area (TPSA) is 84.7 Å². The molecule has 5 rings (SSSR count). The van der Waals surface area contributed by atoms with E-state index in [1.54, 1.807) is 12.1 Å². The third kappa shape index (κ3) is 2.94. The van der Waals surface area contributed by atoms with E-state index in [1.165, 1.54) is 11.3 Å². The van der Waals surface area contributed by atoms with Gasteiger partial charge in [0.1, 0.15) is 16.2 Å². The first kappa shape index (κ1) is 18.3. The first-order chi connectivity index (χ1) is 14.0. The summed E-state index contributed by atoms with van der Waals surface area (Å²) >= 11 is 1.35. The first-order valence-corrected chi connectivity index (χ1v) is 10.5. The molecule has 2 aliphatic heterocycles. The Balaban J connectivity index is 1.37. The molecule has 3 aromatic heterocycles. The molecule has 0 unspecified atom stereocenters. The van der Waals surface area contributed by atoms with Gasteiger partial charge in [0.05, 0.1) is 12.2 Å². The summed E-state index contributed by atoms with van der Waals surface area (Å²) in [6.07, 6.45) is 4.00. The molecule has 0 saturated carbocycles. The third-order valence-corrected chi connectivity index (χ3v) is 7.20. The molecule has 0 aromatic carbocycles. The number of ether oxygens (including phenoxy) is 1. The minimum atomic E-state index is -0.894. The summed E-state index contributed by atoms with van der Waals surface area (Å²) in [6.45, 7) is 1.71. The van der Waals surface area contributed by atoms with E-state index < -0.39 is 11.6 Å². The van der Waals surface area contributed by atoms with Gasteiger partial charge in [0.25, 0.3) is 5.91 Å². The van der Waals surface area contributed by atoms with Crippen molar-refractivity contribution in [3.05, 3.63) is 51.5 Å². The van der Waals surface area contributed by atoms with Crippen molar-refractivity contribution in [1.29, 1.82) is 0 Å². The van der Waals surface area contributed by atoms with E-state index in [2.05, 4.69) is 4.98 Å². The minimum Gasteiger partial charge on any atom is -0.477 e. The summed E-state index contributed by atoms with van der Waals surface area (Å²) in [5, 5.41) is 10.4. The van der Waals surface area contributed by atoms with Crippen molar-refractivity contribution < 1.29 is 19.4 Å². The number of aryl methyl sites for hydroxylation is 1. The Kier molecular flexibility index (Phi) is 4.22. The summed E-state index contributed by atoms with van der Waals surface area (Å²) in [5.74, 6) is -0.968. The number of carbonyl (C=O) groups excluding carboxylic acids is 1. The Morgan fingerprint density at radius 2 is 2.03 bits per heavy atom. The van der Waals surface area contributed by atoms with Crippen LogP contribution in [0, 0.1) is 0 Å². The van der Waals surface area contributed by atoms with Crippen LogP contribution in [0.4, 0.5) is 0 Å². The molecule has 150 valence electrons. The lowest BCUT2D eigenvalue weighted by molar-refractivity contribution is -0.0926. The molecule has 1 amide bonds. The van der Waals surface area contributed by atoms with Gasteiger partial charge >= 0.3 is 5.97 Å². The van der Waals surface area contributed by atoms with Crippen molar-refractivity contribution in [3.8, 4) is 0 Å². The van der Waals surface area contributed by atoms with E-state index in [0.717, 1.165) is 27.9 Å². The fourth-order valence-electron chi connectivity index (χ4n) is 4.42. The van der Waals surface area contributed by atoms with E-state index in [0.29, 0.717) is 43.1 Å². The zero-order chi connectivity index (χ0) is 20.2. The van der Waals surface area contributed by atoms with Crippen molar-refractivity contribution in [2.75, 3.05) is 19.7 Å². The molecule has 1 fully saturated rings. The van der Waals surface area contributed by atoms with Crippen LogP contribution in [0.15, 0.2) is 30.5 Å². The van der Waals surface area contributed by atoms with Crippen LogP contribution in [0.3, 0.4) is 0 Å². The van der Waals surface area contributed by atoms with Gasteiger partial charge in [-0.3, -0.25) is 4.79 Å². The summed E-state index contributed by atoms with van der Waals surface area (Å²) < 4.78 is 8.09. The molecule has 1 N–H and O–H groups in total. The lowest BCUT2D eigenvalue weighted by Crippen LogP contribution is -2.48. The number of hydrogen-bond acceptors (Lipinski definition) is 5. The number of fused-ring (bicyclic) bond motifs is 3. The van der Waals surface area contributed by atoms with Gasteiger partial charge in [-0.2, -0.15) is 0 Å². The van der Waals surface area contributed by atoms with Gasteiger partial charge in [-0.15, -0.1) is 11.3 Å². The summed E-state index contributed by atoms with van der Waals surface area (Å²) in [7, 11) is 1.92. The van der Waals surface area contributed by atoms with Gasteiger partial charge in [-0.25, -0.2) is 9.78 Å². The molecule has 1 spiro atoms. The lowest BCUT2D eigenvalue weighted by Gasteiger charge is -2.44. The highest BCUT2D eigenvalue weighted by Crippen LogP contribution is 2.44. The molecule has 7 nitrogen and oxygen atoms in total. The number of amides is 1. The molecule has 1 saturated heterocycles. The zero-order valence-electron chi connectivity index (χ0n) is 16.1. The van der Waals surface area contributed by atoms with Crippen LogP contribution in [0.2, 0.25) is 0 Å². The molecule has 0 atom stereocenters. The van der Waals surface area contributed by atoms with Gasteiger partial charge in [0, 0.05) is 43.0 Å². The highest BCUT2D eigenvalue weighted by molar-refractivity contribution is 7.14. The van der Waals surface area contributed by atoms with Crippen molar-refractivity contribution in [2.24, 2.45) is 7.05 Å². The van der Waals surface area contributed by atoms with Crippen molar-refractivity contribution in [3.63, 3.8) is 0 Å². The fourth-order valence-corrected chi connectivity index (χ4v) is 5.49. The highest BCUT2D eigenvalue weighted by Gasteiger charge is 2.43. The Hall–Kier alpha value is -2.71. The molecule has 0 bridgehead atoms. The second kappa shape index (κ2) is 6.67. The first-order valence-electron chi connectivity index (χ1n) is 9.69. The molecule has 8 heteroatoms. The minimum absolute atomic E-state index is 0.0736. The zero-order valence-corrected chi connectivity index (χ0v) is 16.9. The molecule has 5 heterocycles. The van der Waals surface area contributed by atoms with Crippen LogP contribution >= 0.6 is 11.3 Å². The second-order valence-electron chi connectivity index (χ2n) is 7.67. The largest absolute Gasteiger partial charge is 0.477 e. The summed E-state index contributed by atoms with van der Waals surface area (Å²) in [6, 6.07) is 7.45. The maximum absolute atomic E-state index is 13.0. The van der Waals surface area contributed by atoms with Crippen molar-refractivity contribution in [1.82, 2.24) is 14.5 Å². The number of likely N-dealkylation sites (tertiary alicyclic amines) is 1. The number of hydrogen-bond donors (Lipinski definition) is 1. The van der Waals surface area contributed by atoms with Crippen LogP contribution in [-0.4, -0.2) is 51.1 Å². The van der Waals surface area contributed by atoms with Gasteiger partial charge in [-0.05, 0) is 42.7 Å². The second-order valence-corrected chi connectivity index (χ2v) is 8.81. The van der Waals surface area contributed by atoms with E-state index >= 15 is 0 Å². The van der Waals surface area contributed by atoms with E-state index in [-0.39, 0.29) is 5.91 Å². The molecular formula is C21H21N3O4S. The highest BCUT2D eigenvalue weighted by atomic mass is 32.1. The SMILES string of the molecule is Cn1ccc2ccc(C(=O)N3CCC4(CC3)OCCc3sc(C(=O)O)cc34)nc21. The number of thiophene rings is 1. The molecule has 0 aliphatic carbocycles. The number of aromatic carboxylic acids is 1. The monoisotopic (exact) mass is 411 g/mol. The predicted octanol–water partition coefficient (Wildman–Crippen LogP) is 3.04. The van der Waals surface area contributed by atoms with Crippen molar-refractivity contribution in [2.45, 2.75) is 24.9 Å². The van der Waals surface area contributed by atoms with Gasteiger partial charge < -0.3 is 19.3 Å². The number of piperidine rings is 1. The predicted molar refractivity (Wildman–Crippen MR) is 108 cm³/mol. The average Bonchev–Trinajstić information content (AvgIpc) is 3.33. The maximum Gasteiger partial charge on any atom is 0.345 e. The maximum atomic E-state index is 13.0. The smallest absolute Gasteiger partial charge is 0.345 e. The number of carboxylic acid groups (broad SMARTS) is 1. The number of carboxylic acids is 1. The Morgan fingerprint density at radius 3 is 2.79 bits per heavy atom. The van der Waals surface area contributed by atoms with E-state index in [1.807, 2.05) is 34.8 Å².